The van der Waals surface area contributed by atoms with E-state index in [1.807, 2.05) is 0 Å². The van der Waals surface area contributed by atoms with Crippen LogP contribution in [0, 0.1) is 11.6 Å². The van der Waals surface area contributed by atoms with Crippen LogP contribution in [0.4, 0.5) is 8.78 Å². The van der Waals surface area contributed by atoms with Gasteiger partial charge in [-0.3, -0.25) is 0 Å². The summed E-state index contributed by atoms with van der Waals surface area (Å²) in [5.74, 6) is -2.28. The quantitative estimate of drug-likeness (QED) is 0.792. The maximum absolute atomic E-state index is 13.1. The monoisotopic (exact) mass is 217 g/mol. The average Bonchev–Trinajstić information content (AvgIpc) is 2.20. The first kappa shape index (κ1) is 11.9. The number of ether oxygens (including phenoxy) is 1. The molecule has 1 aromatic rings. The molecule has 0 amide bonds. The lowest BCUT2D eigenvalue weighted by Gasteiger charge is -2.21. The Bertz CT molecular complexity index is 342. The van der Waals surface area contributed by atoms with Gasteiger partial charge in [-0.25, -0.2) is 4.39 Å². The fourth-order valence-electron chi connectivity index (χ4n) is 0.888. The van der Waals surface area contributed by atoms with E-state index in [1.54, 1.807) is 0 Å². The average molecular weight is 217 g/mol. The van der Waals surface area contributed by atoms with E-state index in [2.05, 4.69) is 0 Å². The zero-order valence-corrected chi connectivity index (χ0v) is 8.34. The fourth-order valence-corrected chi connectivity index (χ4v) is 0.888. The topological polar surface area (TPSA) is 55.5 Å². The Morgan fingerprint density at radius 3 is 2.73 bits per heavy atom. The second-order valence-corrected chi connectivity index (χ2v) is 3.54. The van der Waals surface area contributed by atoms with Crippen molar-refractivity contribution in [3.8, 4) is 5.75 Å². The summed E-state index contributed by atoms with van der Waals surface area (Å²) in [4.78, 5) is 0. The van der Waals surface area contributed by atoms with Crippen LogP contribution in [0.25, 0.3) is 0 Å². The molecule has 1 unspecified atom stereocenters. The molecule has 3 N–H and O–H groups in total. The van der Waals surface area contributed by atoms with E-state index in [0.29, 0.717) is 0 Å². The van der Waals surface area contributed by atoms with Crippen molar-refractivity contribution < 1.29 is 18.6 Å². The van der Waals surface area contributed by atoms with Crippen LogP contribution in [0.3, 0.4) is 0 Å². The molecule has 0 bridgehead atoms. The SMILES string of the molecule is CC(O)(CN)COc1cccc(F)c1F. The van der Waals surface area contributed by atoms with Gasteiger partial charge in [0.1, 0.15) is 12.2 Å². The normalized spacial score (nSPS) is 14.7. The van der Waals surface area contributed by atoms with Gasteiger partial charge in [-0.05, 0) is 19.1 Å². The highest BCUT2D eigenvalue weighted by Crippen LogP contribution is 2.20. The standard InChI is InChI=1S/C10H13F2NO2/c1-10(14,5-13)6-15-8-4-2-3-7(11)9(8)12/h2-4,14H,5-6,13H2,1H3. The predicted molar refractivity (Wildman–Crippen MR) is 51.5 cm³/mol. The van der Waals surface area contributed by atoms with Crippen molar-refractivity contribution in [1.29, 1.82) is 0 Å². The van der Waals surface area contributed by atoms with Crippen LogP contribution in [0.15, 0.2) is 18.2 Å². The number of hydrogen-bond donors (Lipinski definition) is 2. The lowest BCUT2D eigenvalue weighted by molar-refractivity contribution is 0.0181. The van der Waals surface area contributed by atoms with Gasteiger partial charge >= 0.3 is 0 Å². The highest BCUT2D eigenvalue weighted by molar-refractivity contribution is 5.25. The van der Waals surface area contributed by atoms with E-state index in [1.165, 1.54) is 19.1 Å². The summed E-state index contributed by atoms with van der Waals surface area (Å²) in [5.41, 5.74) is 3.99. The fraction of sp³-hybridized carbons (Fsp3) is 0.400. The molecular formula is C10H13F2NO2. The first-order valence-electron chi connectivity index (χ1n) is 4.45. The maximum Gasteiger partial charge on any atom is 0.200 e. The third-order valence-electron chi connectivity index (χ3n) is 1.89. The van der Waals surface area contributed by atoms with E-state index < -0.39 is 17.2 Å². The third-order valence-corrected chi connectivity index (χ3v) is 1.89. The van der Waals surface area contributed by atoms with Gasteiger partial charge in [0.2, 0.25) is 5.82 Å². The molecule has 0 heterocycles. The number of aliphatic hydroxyl groups is 1. The largest absolute Gasteiger partial charge is 0.487 e. The lowest BCUT2D eigenvalue weighted by atomic mass is 10.1. The Kier molecular flexibility index (Phi) is 3.60. The van der Waals surface area contributed by atoms with E-state index in [0.717, 1.165) is 6.07 Å². The Labute approximate surface area is 86.5 Å². The molecule has 0 fully saturated rings. The Hall–Kier alpha value is -1.20. The molecule has 0 spiro atoms. The summed E-state index contributed by atoms with van der Waals surface area (Å²) in [6.07, 6.45) is 0. The Morgan fingerprint density at radius 1 is 1.47 bits per heavy atom. The molecule has 84 valence electrons. The molecule has 5 heteroatoms. The molecule has 0 saturated heterocycles. The van der Waals surface area contributed by atoms with Gasteiger partial charge in [0.05, 0.1) is 0 Å². The van der Waals surface area contributed by atoms with Crippen molar-refractivity contribution in [3.63, 3.8) is 0 Å². The summed E-state index contributed by atoms with van der Waals surface area (Å²) in [5, 5.41) is 9.48. The van der Waals surface area contributed by atoms with E-state index in [4.69, 9.17) is 10.5 Å². The Morgan fingerprint density at radius 2 is 2.13 bits per heavy atom. The van der Waals surface area contributed by atoms with Gasteiger partial charge < -0.3 is 15.6 Å². The minimum atomic E-state index is -1.25. The zero-order valence-electron chi connectivity index (χ0n) is 8.34. The van der Waals surface area contributed by atoms with E-state index in [-0.39, 0.29) is 18.9 Å². The molecule has 1 atom stereocenters. The molecular weight excluding hydrogens is 204 g/mol. The summed E-state index contributed by atoms with van der Waals surface area (Å²) >= 11 is 0. The summed E-state index contributed by atoms with van der Waals surface area (Å²) < 4.78 is 30.7. The van der Waals surface area contributed by atoms with Gasteiger partial charge in [-0.1, -0.05) is 6.07 Å². The number of halogens is 2. The molecule has 1 aromatic carbocycles. The molecule has 0 aliphatic carbocycles. The van der Waals surface area contributed by atoms with Crippen LogP contribution in [-0.4, -0.2) is 23.9 Å². The lowest BCUT2D eigenvalue weighted by Crippen LogP contribution is -2.40. The minimum Gasteiger partial charge on any atom is -0.487 e. The van der Waals surface area contributed by atoms with Crippen LogP contribution in [0.1, 0.15) is 6.92 Å². The molecule has 0 radical (unpaired) electrons. The first-order chi connectivity index (χ1) is 6.96. The number of benzene rings is 1. The van der Waals surface area contributed by atoms with Crippen molar-refractivity contribution in [2.75, 3.05) is 13.2 Å². The van der Waals surface area contributed by atoms with Gasteiger partial charge in [-0.2, -0.15) is 4.39 Å². The second-order valence-electron chi connectivity index (χ2n) is 3.54. The van der Waals surface area contributed by atoms with Gasteiger partial charge in [-0.15, -0.1) is 0 Å². The third kappa shape index (κ3) is 3.14. The summed E-state index contributed by atoms with van der Waals surface area (Å²) in [6.45, 7) is 1.23. The zero-order chi connectivity index (χ0) is 11.5. The molecule has 0 saturated carbocycles. The minimum absolute atomic E-state index is 0.0239. The van der Waals surface area contributed by atoms with Crippen molar-refractivity contribution >= 4 is 0 Å². The first-order valence-corrected chi connectivity index (χ1v) is 4.45. The summed E-state index contributed by atoms with van der Waals surface area (Å²) in [6, 6.07) is 3.60. The van der Waals surface area contributed by atoms with Crippen LogP contribution in [-0.2, 0) is 0 Å². The van der Waals surface area contributed by atoms with Crippen LogP contribution >= 0.6 is 0 Å². The highest BCUT2D eigenvalue weighted by Gasteiger charge is 2.20. The highest BCUT2D eigenvalue weighted by atomic mass is 19.2. The number of hydrogen-bond acceptors (Lipinski definition) is 3. The maximum atomic E-state index is 13.1. The Balaban J connectivity index is 2.70. The van der Waals surface area contributed by atoms with Crippen LogP contribution < -0.4 is 10.5 Å². The van der Waals surface area contributed by atoms with Gasteiger partial charge in [0.15, 0.2) is 11.6 Å². The van der Waals surface area contributed by atoms with Gasteiger partial charge in [0.25, 0.3) is 0 Å². The van der Waals surface area contributed by atoms with Crippen molar-refractivity contribution in [2.24, 2.45) is 5.73 Å². The molecule has 3 nitrogen and oxygen atoms in total. The van der Waals surface area contributed by atoms with Crippen LogP contribution in [0.5, 0.6) is 5.75 Å². The van der Waals surface area contributed by atoms with E-state index in [9.17, 15) is 13.9 Å². The van der Waals surface area contributed by atoms with Crippen LogP contribution in [0.2, 0.25) is 0 Å². The molecule has 1 rings (SSSR count). The second kappa shape index (κ2) is 4.55. The number of nitrogens with two attached hydrogens (primary N) is 1. The summed E-state index contributed by atoms with van der Waals surface area (Å²) in [7, 11) is 0. The molecule has 0 aliphatic heterocycles. The molecule has 0 aromatic heterocycles. The van der Waals surface area contributed by atoms with Crippen molar-refractivity contribution in [1.82, 2.24) is 0 Å². The van der Waals surface area contributed by atoms with Crippen molar-refractivity contribution in [2.45, 2.75) is 12.5 Å². The van der Waals surface area contributed by atoms with E-state index >= 15 is 0 Å². The molecule has 0 aliphatic rings. The number of rotatable bonds is 4. The molecule has 15 heavy (non-hydrogen) atoms. The predicted octanol–water partition coefficient (Wildman–Crippen LogP) is 1.05. The van der Waals surface area contributed by atoms with Gasteiger partial charge in [0, 0.05) is 6.54 Å². The smallest absolute Gasteiger partial charge is 0.200 e. The van der Waals surface area contributed by atoms with Crippen molar-refractivity contribution in [3.05, 3.63) is 29.8 Å².